The van der Waals surface area contributed by atoms with Gasteiger partial charge >= 0.3 is 0 Å². The highest BCUT2D eigenvalue weighted by atomic mass is 16.1. The molecule has 1 aliphatic heterocycles. The van der Waals surface area contributed by atoms with Crippen molar-refractivity contribution in [1.82, 2.24) is 19.9 Å². The van der Waals surface area contributed by atoms with Crippen LogP contribution in [0.4, 0.5) is 0 Å². The number of hydrogen-bond acceptors (Lipinski definition) is 4. The molecule has 0 aliphatic carbocycles. The number of benzene rings is 1. The van der Waals surface area contributed by atoms with Crippen LogP contribution in [0.15, 0.2) is 59.5 Å². The Labute approximate surface area is 159 Å². The lowest BCUT2D eigenvalue weighted by Gasteiger charge is -2.19. The lowest BCUT2D eigenvalue weighted by Crippen LogP contribution is -2.23. The van der Waals surface area contributed by atoms with Gasteiger partial charge in [-0.25, -0.2) is 4.98 Å². The highest BCUT2D eigenvalue weighted by molar-refractivity contribution is 5.60. The molecular formula is C22H24N4O. The van der Waals surface area contributed by atoms with E-state index in [2.05, 4.69) is 32.0 Å². The predicted molar refractivity (Wildman–Crippen MR) is 107 cm³/mol. The van der Waals surface area contributed by atoms with Crippen molar-refractivity contribution < 1.29 is 0 Å². The summed E-state index contributed by atoms with van der Waals surface area (Å²) in [7, 11) is 0. The maximum absolute atomic E-state index is 12.1. The van der Waals surface area contributed by atoms with E-state index in [0.29, 0.717) is 17.2 Å². The maximum Gasteiger partial charge on any atom is 0.251 e. The minimum Gasteiger partial charge on any atom is -0.306 e. The molecule has 138 valence electrons. The number of aromatic amines is 1. The summed E-state index contributed by atoms with van der Waals surface area (Å²) in [4.78, 5) is 26.4. The van der Waals surface area contributed by atoms with Crippen molar-refractivity contribution in [2.75, 3.05) is 13.1 Å². The third-order valence-corrected chi connectivity index (χ3v) is 5.00. The van der Waals surface area contributed by atoms with Gasteiger partial charge < -0.3 is 4.98 Å². The van der Waals surface area contributed by atoms with Crippen molar-refractivity contribution in [2.24, 2.45) is 0 Å². The van der Waals surface area contributed by atoms with Crippen LogP contribution in [0.2, 0.25) is 0 Å². The molecule has 5 heteroatoms. The van der Waals surface area contributed by atoms with Gasteiger partial charge in [0.15, 0.2) is 0 Å². The van der Waals surface area contributed by atoms with Crippen LogP contribution >= 0.6 is 0 Å². The highest BCUT2D eigenvalue weighted by Gasteiger charge is 2.10. The van der Waals surface area contributed by atoms with Crippen molar-refractivity contribution in [3.8, 4) is 22.8 Å². The minimum absolute atomic E-state index is 0.172. The first-order valence-electron chi connectivity index (χ1n) is 9.62. The molecule has 5 nitrogen and oxygen atoms in total. The molecule has 0 saturated carbocycles. The fourth-order valence-corrected chi connectivity index (χ4v) is 3.56. The molecule has 0 atom stereocenters. The van der Waals surface area contributed by atoms with Crippen molar-refractivity contribution >= 4 is 0 Å². The van der Waals surface area contributed by atoms with E-state index in [-0.39, 0.29) is 5.56 Å². The number of nitrogens with zero attached hydrogens (tertiary/aromatic N) is 3. The van der Waals surface area contributed by atoms with Crippen LogP contribution in [0.5, 0.6) is 0 Å². The first kappa shape index (κ1) is 17.6. The van der Waals surface area contributed by atoms with Crippen LogP contribution in [0, 0.1) is 0 Å². The van der Waals surface area contributed by atoms with Gasteiger partial charge in [0.2, 0.25) is 0 Å². The second-order valence-corrected chi connectivity index (χ2v) is 7.08. The number of likely N-dealkylation sites (tertiary alicyclic amines) is 1. The summed E-state index contributed by atoms with van der Waals surface area (Å²) in [6, 6.07) is 15.4. The average Bonchev–Trinajstić information content (AvgIpc) is 2.97. The summed E-state index contributed by atoms with van der Waals surface area (Å²) in [5, 5.41) is 0. The van der Waals surface area contributed by atoms with Crippen molar-refractivity contribution in [3.05, 3.63) is 70.6 Å². The predicted octanol–water partition coefficient (Wildman–Crippen LogP) is 3.87. The highest BCUT2D eigenvalue weighted by Crippen LogP contribution is 2.20. The molecule has 1 aromatic carbocycles. The number of aromatic nitrogens is 3. The first-order valence-corrected chi connectivity index (χ1v) is 9.62. The summed E-state index contributed by atoms with van der Waals surface area (Å²) in [6.45, 7) is 3.35. The Bertz CT molecular complexity index is 927. The van der Waals surface area contributed by atoms with Crippen LogP contribution in [-0.2, 0) is 6.54 Å². The zero-order valence-corrected chi connectivity index (χ0v) is 15.4. The second-order valence-electron chi connectivity index (χ2n) is 7.08. The van der Waals surface area contributed by atoms with E-state index in [1.165, 1.54) is 50.4 Å². The number of pyridine rings is 1. The van der Waals surface area contributed by atoms with Gasteiger partial charge in [-0.15, -0.1) is 0 Å². The molecule has 0 spiro atoms. The van der Waals surface area contributed by atoms with Gasteiger partial charge in [0, 0.05) is 24.4 Å². The molecule has 3 heterocycles. The lowest BCUT2D eigenvalue weighted by molar-refractivity contribution is 0.277. The van der Waals surface area contributed by atoms with Gasteiger partial charge in [-0.05, 0) is 43.6 Å². The van der Waals surface area contributed by atoms with E-state index in [1.54, 1.807) is 6.20 Å². The number of rotatable bonds is 4. The first-order chi connectivity index (χ1) is 13.3. The van der Waals surface area contributed by atoms with Gasteiger partial charge in [0.05, 0.1) is 11.4 Å². The van der Waals surface area contributed by atoms with Gasteiger partial charge in [-0.1, -0.05) is 43.2 Å². The Morgan fingerprint density at radius 1 is 0.926 bits per heavy atom. The normalized spacial score (nSPS) is 15.4. The van der Waals surface area contributed by atoms with Crippen LogP contribution in [0.25, 0.3) is 22.8 Å². The molecule has 2 aromatic heterocycles. The topological polar surface area (TPSA) is 61.9 Å². The van der Waals surface area contributed by atoms with Crippen LogP contribution < -0.4 is 5.56 Å². The van der Waals surface area contributed by atoms with E-state index in [4.69, 9.17) is 0 Å². The lowest BCUT2D eigenvalue weighted by atomic mass is 10.1. The molecule has 0 unspecified atom stereocenters. The molecule has 27 heavy (non-hydrogen) atoms. The zero-order valence-electron chi connectivity index (χ0n) is 15.4. The SMILES string of the molecule is O=c1cc(-c2ccccn2)nc(-c2ccc(CN3CCCCCC3)cc2)[nH]1. The third kappa shape index (κ3) is 4.49. The molecule has 3 aromatic rings. The second kappa shape index (κ2) is 8.27. The molecule has 1 N–H and O–H groups in total. The summed E-state index contributed by atoms with van der Waals surface area (Å²) in [5.41, 5.74) is 3.31. The minimum atomic E-state index is -0.172. The van der Waals surface area contributed by atoms with E-state index in [0.717, 1.165) is 12.1 Å². The molecule has 0 radical (unpaired) electrons. The fourth-order valence-electron chi connectivity index (χ4n) is 3.56. The van der Waals surface area contributed by atoms with Gasteiger partial charge in [-0.3, -0.25) is 14.7 Å². The molecular weight excluding hydrogens is 336 g/mol. The van der Waals surface area contributed by atoms with Crippen LogP contribution in [0.1, 0.15) is 31.2 Å². The average molecular weight is 360 g/mol. The Kier molecular flexibility index (Phi) is 5.39. The largest absolute Gasteiger partial charge is 0.306 e. The smallest absolute Gasteiger partial charge is 0.251 e. The van der Waals surface area contributed by atoms with Crippen molar-refractivity contribution in [1.29, 1.82) is 0 Å². The summed E-state index contributed by atoms with van der Waals surface area (Å²) in [5.74, 6) is 0.574. The summed E-state index contributed by atoms with van der Waals surface area (Å²) >= 11 is 0. The number of H-pyrrole nitrogens is 1. The molecule has 4 rings (SSSR count). The van der Waals surface area contributed by atoms with Gasteiger partial charge in [0.1, 0.15) is 5.82 Å². The van der Waals surface area contributed by atoms with Gasteiger partial charge in [-0.2, -0.15) is 0 Å². The van der Waals surface area contributed by atoms with Crippen molar-refractivity contribution in [2.45, 2.75) is 32.2 Å². The quantitative estimate of drug-likeness (QED) is 0.767. The molecule has 1 fully saturated rings. The molecule has 1 saturated heterocycles. The Morgan fingerprint density at radius 3 is 2.41 bits per heavy atom. The number of nitrogens with one attached hydrogen (secondary N) is 1. The zero-order chi connectivity index (χ0) is 18.5. The fraction of sp³-hybridized carbons (Fsp3) is 0.318. The van der Waals surface area contributed by atoms with E-state index < -0.39 is 0 Å². The van der Waals surface area contributed by atoms with E-state index in [9.17, 15) is 4.79 Å². The monoisotopic (exact) mass is 360 g/mol. The molecule has 0 amide bonds. The van der Waals surface area contributed by atoms with Gasteiger partial charge in [0.25, 0.3) is 5.56 Å². The standard InChI is InChI=1S/C22H24N4O/c27-21-15-20(19-7-3-4-12-23-19)24-22(25-21)18-10-8-17(9-11-18)16-26-13-5-1-2-6-14-26/h3-4,7-12,15H,1-2,5-6,13-14,16H2,(H,24,25,27). The van der Waals surface area contributed by atoms with Crippen molar-refractivity contribution in [3.63, 3.8) is 0 Å². The van der Waals surface area contributed by atoms with E-state index >= 15 is 0 Å². The molecule has 1 aliphatic rings. The summed E-state index contributed by atoms with van der Waals surface area (Å²) in [6.07, 6.45) is 6.99. The maximum atomic E-state index is 12.1. The van der Waals surface area contributed by atoms with Crippen LogP contribution in [0.3, 0.4) is 0 Å². The Morgan fingerprint density at radius 2 is 1.70 bits per heavy atom. The van der Waals surface area contributed by atoms with Crippen LogP contribution in [-0.4, -0.2) is 32.9 Å². The Balaban J connectivity index is 1.55. The number of hydrogen-bond donors (Lipinski definition) is 1. The summed E-state index contributed by atoms with van der Waals surface area (Å²) < 4.78 is 0. The molecule has 0 bridgehead atoms. The third-order valence-electron chi connectivity index (χ3n) is 5.00. The van der Waals surface area contributed by atoms with E-state index in [1.807, 2.05) is 30.3 Å². The Hall–Kier alpha value is -2.79.